The second kappa shape index (κ2) is 15.7. The van der Waals surface area contributed by atoms with Crippen LogP contribution < -0.4 is 19.7 Å². The van der Waals surface area contributed by atoms with E-state index >= 15 is 0 Å². The molecule has 0 aliphatic rings. The number of hydrogen-bond acceptors (Lipinski definition) is 8. The van der Waals surface area contributed by atoms with Gasteiger partial charge in [0, 0.05) is 11.1 Å². The van der Waals surface area contributed by atoms with Gasteiger partial charge in [0.1, 0.15) is 23.0 Å². The molecular weight excluding hydrogens is 576 g/mol. The molecular formula is C34H34CaO8. The Hall–Kier alpha value is -3.72. The van der Waals surface area contributed by atoms with E-state index in [4.69, 9.17) is 9.47 Å². The van der Waals surface area contributed by atoms with Crippen LogP contribution in [-0.2, 0) is 0 Å². The SMILES string of the molecule is CCOc1c(C(=O)[O-])ccc(O)c1-c1cccc(C)c1C.CCOc1c(C(=O)[O-])ccc(O)c1-c1cccc(C)c1C.[Ca+2]. The Bertz CT molecular complexity index is 1510. The van der Waals surface area contributed by atoms with Crippen molar-refractivity contribution in [2.24, 2.45) is 0 Å². The fourth-order valence-electron chi connectivity index (χ4n) is 4.62. The predicted octanol–water partition coefficient (Wildman–Crippen LogP) is 4.50. The molecule has 0 bridgehead atoms. The quantitative estimate of drug-likeness (QED) is 0.278. The number of ether oxygens (including phenoxy) is 2. The van der Waals surface area contributed by atoms with Gasteiger partial charge < -0.3 is 39.5 Å². The molecule has 0 saturated carbocycles. The van der Waals surface area contributed by atoms with Crippen LogP contribution >= 0.6 is 0 Å². The smallest absolute Gasteiger partial charge is 0.545 e. The van der Waals surface area contributed by atoms with E-state index in [1.807, 2.05) is 64.1 Å². The molecule has 4 rings (SSSR count). The summed E-state index contributed by atoms with van der Waals surface area (Å²) < 4.78 is 11.0. The number of rotatable bonds is 8. The van der Waals surface area contributed by atoms with Crippen molar-refractivity contribution in [1.82, 2.24) is 0 Å². The molecule has 9 heteroatoms. The van der Waals surface area contributed by atoms with Crippen molar-refractivity contribution in [1.29, 1.82) is 0 Å². The molecule has 4 aromatic carbocycles. The van der Waals surface area contributed by atoms with Crippen molar-refractivity contribution in [2.45, 2.75) is 41.5 Å². The number of carbonyl (C=O) groups excluding carboxylic acids is 2. The molecule has 0 aliphatic heterocycles. The maximum atomic E-state index is 11.3. The summed E-state index contributed by atoms with van der Waals surface area (Å²) in [4.78, 5) is 22.5. The van der Waals surface area contributed by atoms with Gasteiger partial charge in [-0.15, -0.1) is 0 Å². The van der Waals surface area contributed by atoms with Gasteiger partial charge in [-0.25, -0.2) is 0 Å². The zero-order valence-electron chi connectivity index (χ0n) is 25.2. The molecule has 0 aliphatic carbocycles. The van der Waals surface area contributed by atoms with Gasteiger partial charge in [-0.3, -0.25) is 0 Å². The topological polar surface area (TPSA) is 139 Å². The van der Waals surface area contributed by atoms with Crippen LogP contribution in [0, 0.1) is 27.7 Å². The molecule has 0 radical (unpaired) electrons. The summed E-state index contributed by atoms with van der Waals surface area (Å²) in [6.07, 6.45) is 0. The Morgan fingerprint density at radius 2 is 0.977 bits per heavy atom. The third kappa shape index (κ3) is 7.82. The number of carboxylic acids is 2. The molecule has 2 N–H and O–H groups in total. The first-order chi connectivity index (χ1) is 19.9. The average molecular weight is 611 g/mol. The first-order valence-electron chi connectivity index (χ1n) is 13.5. The number of benzene rings is 4. The second-order valence-corrected chi connectivity index (χ2v) is 9.61. The minimum absolute atomic E-state index is 0. The van der Waals surface area contributed by atoms with E-state index in [2.05, 4.69) is 0 Å². The van der Waals surface area contributed by atoms with Crippen molar-refractivity contribution in [3.05, 3.63) is 94.0 Å². The molecule has 8 nitrogen and oxygen atoms in total. The largest absolute Gasteiger partial charge is 2.00 e. The first-order valence-corrected chi connectivity index (χ1v) is 13.5. The number of phenolic OH excluding ortho intramolecular Hbond substituents is 2. The van der Waals surface area contributed by atoms with Gasteiger partial charge in [0.05, 0.1) is 36.3 Å². The molecule has 4 aromatic rings. The molecule has 0 amide bonds. The van der Waals surface area contributed by atoms with Crippen molar-refractivity contribution < 1.29 is 39.5 Å². The molecule has 43 heavy (non-hydrogen) atoms. The van der Waals surface area contributed by atoms with Crippen molar-refractivity contribution in [3.8, 4) is 45.3 Å². The fourth-order valence-corrected chi connectivity index (χ4v) is 4.62. The van der Waals surface area contributed by atoms with Crippen molar-refractivity contribution in [3.63, 3.8) is 0 Å². The van der Waals surface area contributed by atoms with E-state index in [1.54, 1.807) is 13.8 Å². The maximum absolute atomic E-state index is 11.3. The number of carboxylic acid groups (broad SMARTS) is 2. The summed E-state index contributed by atoms with van der Waals surface area (Å²) in [5.41, 5.74) is 6.17. The summed E-state index contributed by atoms with van der Waals surface area (Å²) in [6, 6.07) is 16.6. The first kappa shape index (κ1) is 35.5. The van der Waals surface area contributed by atoms with Crippen LogP contribution in [0.2, 0.25) is 0 Å². The standard InChI is InChI=1S/2C17H18O4.Ca/c2*1-4-21-16-13(17(19)20)8-9-14(18)15(16)12-7-5-6-10(2)11(12)3;/h2*5-9,18H,4H2,1-3H3,(H,19,20);/q;;+2/p-2. The van der Waals surface area contributed by atoms with Crippen LogP contribution in [0.5, 0.6) is 23.0 Å². The molecule has 0 saturated heterocycles. The predicted molar refractivity (Wildman–Crippen MR) is 163 cm³/mol. The number of hydrogen-bond donors (Lipinski definition) is 2. The third-order valence-electron chi connectivity index (χ3n) is 7.04. The van der Waals surface area contributed by atoms with E-state index in [0.29, 0.717) is 24.3 Å². The number of aryl methyl sites for hydroxylation is 2. The monoisotopic (exact) mass is 610 g/mol. The molecule has 0 fully saturated rings. The zero-order chi connectivity index (χ0) is 31.1. The van der Waals surface area contributed by atoms with Crippen LogP contribution in [0.3, 0.4) is 0 Å². The molecule has 0 unspecified atom stereocenters. The van der Waals surface area contributed by atoms with Crippen LogP contribution in [0.1, 0.15) is 56.8 Å². The summed E-state index contributed by atoms with van der Waals surface area (Å²) >= 11 is 0. The van der Waals surface area contributed by atoms with E-state index in [1.165, 1.54) is 24.3 Å². The van der Waals surface area contributed by atoms with Gasteiger partial charge in [0.15, 0.2) is 0 Å². The summed E-state index contributed by atoms with van der Waals surface area (Å²) in [5.74, 6) is -2.40. The van der Waals surface area contributed by atoms with Gasteiger partial charge in [0.2, 0.25) is 0 Å². The second-order valence-electron chi connectivity index (χ2n) is 9.61. The summed E-state index contributed by atoms with van der Waals surface area (Å²) in [5, 5.41) is 42.9. The van der Waals surface area contributed by atoms with E-state index < -0.39 is 11.9 Å². The molecule has 0 heterocycles. The van der Waals surface area contributed by atoms with Gasteiger partial charge >= 0.3 is 37.7 Å². The Balaban J connectivity index is 0.000000293. The van der Waals surface area contributed by atoms with Crippen LogP contribution in [0.15, 0.2) is 60.7 Å². The Kier molecular flexibility index (Phi) is 12.9. The van der Waals surface area contributed by atoms with E-state index in [0.717, 1.165) is 33.4 Å². The Morgan fingerprint density at radius 3 is 1.28 bits per heavy atom. The van der Waals surface area contributed by atoms with Gasteiger partial charge in [0.25, 0.3) is 0 Å². The molecule has 220 valence electrons. The van der Waals surface area contributed by atoms with Crippen molar-refractivity contribution in [2.75, 3.05) is 13.2 Å². The minimum Gasteiger partial charge on any atom is -0.545 e. The Labute approximate surface area is 281 Å². The number of aromatic hydroxyl groups is 2. The Morgan fingerprint density at radius 1 is 0.628 bits per heavy atom. The van der Waals surface area contributed by atoms with E-state index in [9.17, 15) is 30.0 Å². The van der Waals surface area contributed by atoms with Crippen LogP contribution in [0.4, 0.5) is 0 Å². The maximum Gasteiger partial charge on any atom is 2.00 e. The zero-order valence-corrected chi connectivity index (χ0v) is 27.4. The summed E-state index contributed by atoms with van der Waals surface area (Å²) in [7, 11) is 0. The molecule has 0 aromatic heterocycles. The fraction of sp³-hybridized carbons (Fsp3) is 0.235. The van der Waals surface area contributed by atoms with Gasteiger partial charge in [-0.2, -0.15) is 0 Å². The average Bonchev–Trinajstić information content (AvgIpc) is 2.93. The number of aromatic carboxylic acids is 2. The van der Waals surface area contributed by atoms with Crippen LogP contribution in [-0.4, -0.2) is 73.1 Å². The molecule has 0 atom stereocenters. The minimum atomic E-state index is -1.33. The summed E-state index contributed by atoms with van der Waals surface area (Å²) in [6.45, 7) is 11.9. The third-order valence-corrected chi connectivity index (χ3v) is 7.04. The molecule has 0 spiro atoms. The normalized spacial score (nSPS) is 10.2. The van der Waals surface area contributed by atoms with Gasteiger partial charge in [-0.05, 0) is 99.2 Å². The van der Waals surface area contributed by atoms with Gasteiger partial charge in [-0.1, -0.05) is 36.4 Å². The number of carbonyl (C=O) groups is 2. The van der Waals surface area contributed by atoms with Crippen molar-refractivity contribution >= 4 is 49.7 Å². The van der Waals surface area contributed by atoms with Crippen LogP contribution in [0.25, 0.3) is 22.3 Å². The van der Waals surface area contributed by atoms with E-state index in [-0.39, 0.29) is 71.9 Å². The number of phenols is 2.